The van der Waals surface area contributed by atoms with E-state index in [1.165, 1.54) is 51.4 Å². The number of hydrogen-bond acceptors (Lipinski definition) is 1. The van der Waals surface area contributed by atoms with Gasteiger partial charge in [0.05, 0.1) is 0 Å². The van der Waals surface area contributed by atoms with Crippen LogP contribution in [0.3, 0.4) is 0 Å². The highest BCUT2D eigenvalue weighted by atomic mass is 15.0. The smallest absolute Gasteiger partial charge is 0.0155 e. The lowest BCUT2D eigenvalue weighted by Gasteiger charge is -2.42. The molecule has 0 amide bonds. The molecule has 0 spiro atoms. The van der Waals surface area contributed by atoms with E-state index >= 15 is 0 Å². The first-order valence-electron chi connectivity index (χ1n) is 6.46. The zero-order valence-corrected chi connectivity index (χ0v) is 9.81. The summed E-state index contributed by atoms with van der Waals surface area (Å²) < 4.78 is 0. The summed E-state index contributed by atoms with van der Waals surface area (Å²) in [5, 5.41) is 3.82. The minimum Gasteiger partial charge on any atom is -0.309 e. The Labute approximate surface area is 88.7 Å². The van der Waals surface area contributed by atoms with Crippen molar-refractivity contribution in [2.45, 2.75) is 76.8 Å². The van der Waals surface area contributed by atoms with Crippen LogP contribution >= 0.6 is 0 Å². The molecule has 2 rings (SSSR count). The third-order valence-electron chi connectivity index (χ3n) is 4.21. The molecule has 0 aromatic rings. The van der Waals surface area contributed by atoms with Gasteiger partial charge >= 0.3 is 0 Å². The molecule has 0 aromatic carbocycles. The Hall–Kier alpha value is -0.0400. The quantitative estimate of drug-likeness (QED) is 0.724. The van der Waals surface area contributed by atoms with Crippen molar-refractivity contribution in [3.8, 4) is 0 Å². The Kier molecular flexibility index (Phi) is 3.16. The lowest BCUT2D eigenvalue weighted by molar-refractivity contribution is 0.179. The fraction of sp³-hybridized carbons (Fsp3) is 1.00. The van der Waals surface area contributed by atoms with Crippen molar-refractivity contribution in [1.82, 2.24) is 5.32 Å². The zero-order valence-electron chi connectivity index (χ0n) is 9.81. The van der Waals surface area contributed by atoms with E-state index in [0.717, 1.165) is 12.0 Å². The maximum Gasteiger partial charge on any atom is 0.0155 e. The van der Waals surface area contributed by atoms with Gasteiger partial charge in [0, 0.05) is 11.6 Å². The van der Waals surface area contributed by atoms with Crippen LogP contribution in [0.25, 0.3) is 0 Å². The standard InChI is InChI=1S/C13H25N/c1-11(10-12-6-3-4-7-12)14-13(2)8-5-9-13/h11-12,14H,3-10H2,1-2H3. The molecule has 82 valence electrons. The molecule has 1 nitrogen and oxygen atoms in total. The predicted octanol–water partition coefficient (Wildman–Crippen LogP) is 3.49. The third-order valence-corrected chi connectivity index (χ3v) is 4.21. The maximum atomic E-state index is 3.82. The second-order valence-corrected chi connectivity index (χ2v) is 5.85. The van der Waals surface area contributed by atoms with E-state index in [0.29, 0.717) is 5.54 Å². The normalized spacial score (nSPS) is 28.7. The van der Waals surface area contributed by atoms with E-state index in [9.17, 15) is 0 Å². The van der Waals surface area contributed by atoms with Crippen LogP contribution in [0.4, 0.5) is 0 Å². The number of rotatable bonds is 4. The number of hydrogen-bond donors (Lipinski definition) is 1. The molecular formula is C13H25N. The molecule has 0 aromatic heterocycles. The fourth-order valence-corrected chi connectivity index (χ4v) is 3.25. The molecule has 2 fully saturated rings. The minimum absolute atomic E-state index is 0.498. The van der Waals surface area contributed by atoms with E-state index in [1.807, 2.05) is 0 Å². The lowest BCUT2D eigenvalue weighted by Crippen LogP contribution is -2.52. The molecule has 0 radical (unpaired) electrons. The molecule has 2 saturated carbocycles. The molecule has 1 atom stereocenters. The summed E-state index contributed by atoms with van der Waals surface area (Å²) in [5.41, 5.74) is 0.498. The average Bonchev–Trinajstić information content (AvgIpc) is 2.53. The van der Waals surface area contributed by atoms with Gasteiger partial charge in [-0.3, -0.25) is 0 Å². The minimum atomic E-state index is 0.498. The van der Waals surface area contributed by atoms with Gasteiger partial charge in [-0.05, 0) is 45.4 Å². The molecule has 2 aliphatic rings. The Morgan fingerprint density at radius 2 is 1.86 bits per heavy atom. The van der Waals surface area contributed by atoms with Crippen molar-refractivity contribution in [1.29, 1.82) is 0 Å². The molecular weight excluding hydrogens is 170 g/mol. The van der Waals surface area contributed by atoms with E-state index in [2.05, 4.69) is 19.2 Å². The van der Waals surface area contributed by atoms with Gasteiger partial charge in [-0.15, -0.1) is 0 Å². The van der Waals surface area contributed by atoms with Gasteiger partial charge in [0.25, 0.3) is 0 Å². The van der Waals surface area contributed by atoms with Crippen LogP contribution in [0.5, 0.6) is 0 Å². The maximum absolute atomic E-state index is 3.82. The highest BCUT2D eigenvalue weighted by Crippen LogP contribution is 2.33. The molecule has 1 N–H and O–H groups in total. The topological polar surface area (TPSA) is 12.0 Å². The Morgan fingerprint density at radius 3 is 2.36 bits per heavy atom. The van der Waals surface area contributed by atoms with Crippen molar-refractivity contribution in [3.63, 3.8) is 0 Å². The second-order valence-electron chi connectivity index (χ2n) is 5.85. The highest BCUT2D eigenvalue weighted by Gasteiger charge is 2.33. The van der Waals surface area contributed by atoms with Crippen LogP contribution < -0.4 is 5.32 Å². The molecule has 1 unspecified atom stereocenters. The molecule has 1 heteroatoms. The number of nitrogens with one attached hydrogen (secondary N) is 1. The first-order valence-corrected chi connectivity index (χ1v) is 6.46. The van der Waals surface area contributed by atoms with Crippen molar-refractivity contribution in [2.75, 3.05) is 0 Å². The van der Waals surface area contributed by atoms with E-state index in [1.54, 1.807) is 0 Å². The van der Waals surface area contributed by atoms with E-state index in [-0.39, 0.29) is 0 Å². The van der Waals surface area contributed by atoms with Crippen molar-refractivity contribution >= 4 is 0 Å². The second kappa shape index (κ2) is 4.22. The van der Waals surface area contributed by atoms with Crippen LogP contribution in [-0.4, -0.2) is 11.6 Å². The molecule has 0 saturated heterocycles. The predicted molar refractivity (Wildman–Crippen MR) is 61.4 cm³/mol. The lowest BCUT2D eigenvalue weighted by atomic mass is 9.77. The van der Waals surface area contributed by atoms with Crippen molar-refractivity contribution in [2.24, 2.45) is 5.92 Å². The Balaban J connectivity index is 1.69. The summed E-state index contributed by atoms with van der Waals surface area (Å²) in [6.45, 7) is 4.77. The summed E-state index contributed by atoms with van der Waals surface area (Å²) in [6.07, 6.45) is 11.6. The summed E-state index contributed by atoms with van der Waals surface area (Å²) in [4.78, 5) is 0. The van der Waals surface area contributed by atoms with Crippen molar-refractivity contribution in [3.05, 3.63) is 0 Å². The Bertz CT molecular complexity index is 178. The van der Waals surface area contributed by atoms with Gasteiger partial charge in [-0.1, -0.05) is 25.7 Å². The van der Waals surface area contributed by atoms with Gasteiger partial charge in [0.15, 0.2) is 0 Å². The zero-order chi connectivity index (χ0) is 10.0. The van der Waals surface area contributed by atoms with Crippen LogP contribution in [0.1, 0.15) is 65.2 Å². The SMILES string of the molecule is CC(CC1CCCC1)NC1(C)CCC1. The van der Waals surface area contributed by atoms with Crippen LogP contribution in [0, 0.1) is 5.92 Å². The molecule has 0 aliphatic heterocycles. The third kappa shape index (κ3) is 2.50. The van der Waals surface area contributed by atoms with Crippen LogP contribution in [0.15, 0.2) is 0 Å². The first-order chi connectivity index (χ1) is 6.68. The monoisotopic (exact) mass is 195 g/mol. The molecule has 14 heavy (non-hydrogen) atoms. The fourth-order valence-electron chi connectivity index (χ4n) is 3.25. The van der Waals surface area contributed by atoms with Gasteiger partial charge in [0.2, 0.25) is 0 Å². The van der Waals surface area contributed by atoms with Crippen molar-refractivity contribution < 1.29 is 0 Å². The first kappa shape index (κ1) is 10.5. The van der Waals surface area contributed by atoms with Gasteiger partial charge in [-0.25, -0.2) is 0 Å². The van der Waals surface area contributed by atoms with Crippen LogP contribution in [-0.2, 0) is 0 Å². The summed E-state index contributed by atoms with van der Waals surface area (Å²) in [7, 11) is 0. The summed E-state index contributed by atoms with van der Waals surface area (Å²) >= 11 is 0. The molecule has 0 bridgehead atoms. The highest BCUT2D eigenvalue weighted by molar-refractivity contribution is 4.93. The molecule has 0 heterocycles. The Morgan fingerprint density at radius 1 is 1.21 bits per heavy atom. The van der Waals surface area contributed by atoms with Gasteiger partial charge in [-0.2, -0.15) is 0 Å². The largest absolute Gasteiger partial charge is 0.309 e. The van der Waals surface area contributed by atoms with Crippen LogP contribution in [0.2, 0.25) is 0 Å². The van der Waals surface area contributed by atoms with E-state index in [4.69, 9.17) is 0 Å². The molecule has 2 aliphatic carbocycles. The summed E-state index contributed by atoms with van der Waals surface area (Å²) in [5.74, 6) is 1.03. The average molecular weight is 195 g/mol. The summed E-state index contributed by atoms with van der Waals surface area (Å²) in [6, 6.07) is 0.739. The van der Waals surface area contributed by atoms with Gasteiger partial charge < -0.3 is 5.32 Å². The van der Waals surface area contributed by atoms with E-state index < -0.39 is 0 Å². The van der Waals surface area contributed by atoms with Gasteiger partial charge in [0.1, 0.15) is 0 Å².